The Kier molecular flexibility index (Phi) is 4.05. The van der Waals surface area contributed by atoms with Crippen molar-refractivity contribution in [2.45, 2.75) is 38.5 Å². The van der Waals surface area contributed by atoms with Gasteiger partial charge in [0.2, 0.25) is 5.88 Å². The smallest absolute Gasteiger partial charge is 0.233 e. The van der Waals surface area contributed by atoms with Crippen molar-refractivity contribution >= 4 is 11.7 Å². The zero-order valence-corrected chi connectivity index (χ0v) is 16.4. The number of hydrogen-bond acceptors (Lipinski definition) is 5. The average molecular weight is 386 g/mol. The zero-order valence-electron chi connectivity index (χ0n) is 16.4. The van der Waals surface area contributed by atoms with Crippen LogP contribution < -0.4 is 5.32 Å². The predicted octanol–water partition coefficient (Wildman–Crippen LogP) is 4.96. The maximum atomic E-state index is 13.4. The number of carbonyl (C=O) groups excluding carboxylic acids is 1. The molecule has 0 bridgehead atoms. The predicted molar refractivity (Wildman–Crippen MR) is 110 cm³/mol. The fourth-order valence-corrected chi connectivity index (χ4v) is 4.75. The molecule has 2 heterocycles. The van der Waals surface area contributed by atoms with Crippen molar-refractivity contribution in [3.63, 3.8) is 0 Å². The van der Waals surface area contributed by atoms with Crippen molar-refractivity contribution in [3.8, 4) is 5.75 Å². The first-order valence-corrected chi connectivity index (χ1v) is 9.87. The topological polar surface area (TPSA) is 75.4 Å². The Bertz CT molecular complexity index is 1160. The molecule has 5 rings (SSSR count). The van der Waals surface area contributed by atoms with Gasteiger partial charge in [-0.2, -0.15) is 0 Å². The summed E-state index contributed by atoms with van der Waals surface area (Å²) >= 11 is 0. The molecular weight excluding hydrogens is 364 g/mol. The second-order valence-corrected chi connectivity index (χ2v) is 7.90. The Morgan fingerprint density at radius 2 is 1.76 bits per heavy atom. The van der Waals surface area contributed by atoms with Crippen molar-refractivity contribution in [3.05, 3.63) is 87.7 Å². The molecule has 29 heavy (non-hydrogen) atoms. The van der Waals surface area contributed by atoms with E-state index in [1.165, 1.54) is 0 Å². The number of anilines is 1. The van der Waals surface area contributed by atoms with E-state index in [1.54, 1.807) is 12.1 Å². The number of aryl methyl sites for hydroxylation is 2. The molecule has 2 aromatic carbocycles. The van der Waals surface area contributed by atoms with Gasteiger partial charge < -0.3 is 14.9 Å². The maximum absolute atomic E-state index is 13.4. The van der Waals surface area contributed by atoms with E-state index in [4.69, 9.17) is 4.52 Å². The molecule has 5 heteroatoms. The molecule has 0 saturated heterocycles. The van der Waals surface area contributed by atoms with Gasteiger partial charge in [-0.3, -0.25) is 4.79 Å². The molecule has 3 aromatic rings. The number of rotatable bonds is 2. The van der Waals surface area contributed by atoms with Crippen LogP contribution in [0.15, 0.2) is 64.3 Å². The number of fused-ring (bicyclic) bond motifs is 1. The summed E-state index contributed by atoms with van der Waals surface area (Å²) in [5.41, 5.74) is 6.43. The van der Waals surface area contributed by atoms with Gasteiger partial charge in [0.25, 0.3) is 0 Å². The Morgan fingerprint density at radius 3 is 2.52 bits per heavy atom. The number of phenolic OH excluding ortho intramolecular Hbond substituents is 1. The Morgan fingerprint density at radius 1 is 1.03 bits per heavy atom. The van der Waals surface area contributed by atoms with Crippen LogP contribution in [0.2, 0.25) is 0 Å². The van der Waals surface area contributed by atoms with Gasteiger partial charge in [0.1, 0.15) is 5.75 Å². The van der Waals surface area contributed by atoms with Gasteiger partial charge >= 0.3 is 0 Å². The zero-order chi connectivity index (χ0) is 20.1. The number of nitrogens with zero attached hydrogens (tertiary/aromatic N) is 1. The van der Waals surface area contributed by atoms with Crippen LogP contribution in [-0.2, 0) is 4.79 Å². The number of aromatic hydroxyl groups is 1. The maximum Gasteiger partial charge on any atom is 0.233 e. The summed E-state index contributed by atoms with van der Waals surface area (Å²) in [4.78, 5) is 13.4. The summed E-state index contributed by atoms with van der Waals surface area (Å²) in [5, 5.41) is 17.8. The normalized spacial score (nSPS) is 20.8. The lowest BCUT2D eigenvalue weighted by Crippen LogP contribution is -2.29. The molecule has 5 nitrogen and oxygen atoms in total. The molecule has 1 aliphatic carbocycles. The molecule has 0 amide bonds. The van der Waals surface area contributed by atoms with Gasteiger partial charge in [-0.1, -0.05) is 47.6 Å². The third kappa shape index (κ3) is 2.77. The van der Waals surface area contributed by atoms with Gasteiger partial charge in [-0.15, -0.1) is 0 Å². The van der Waals surface area contributed by atoms with Crippen LogP contribution in [0.1, 0.15) is 52.6 Å². The molecule has 146 valence electrons. The van der Waals surface area contributed by atoms with Crippen LogP contribution in [0.5, 0.6) is 5.75 Å². The number of ketones is 1. The number of phenols is 1. The van der Waals surface area contributed by atoms with Gasteiger partial charge in [-0.05, 0) is 43.0 Å². The monoisotopic (exact) mass is 386 g/mol. The van der Waals surface area contributed by atoms with Crippen LogP contribution in [0.4, 0.5) is 5.88 Å². The summed E-state index contributed by atoms with van der Waals surface area (Å²) in [5.74, 6) is 0.688. The number of allylic oxidation sites excluding steroid dienone is 2. The highest BCUT2D eigenvalue weighted by molar-refractivity contribution is 6.01. The first-order chi connectivity index (χ1) is 14.0. The van der Waals surface area contributed by atoms with E-state index >= 15 is 0 Å². The van der Waals surface area contributed by atoms with Crippen molar-refractivity contribution < 1.29 is 14.4 Å². The minimum Gasteiger partial charge on any atom is -0.508 e. The van der Waals surface area contributed by atoms with E-state index in [0.717, 1.165) is 39.2 Å². The van der Waals surface area contributed by atoms with Crippen LogP contribution in [0.3, 0.4) is 0 Å². The van der Waals surface area contributed by atoms with E-state index in [2.05, 4.69) is 29.5 Å². The number of Topliss-reactive ketones (excluding diaryl/α,β-unsaturated/α-hetero) is 1. The number of hydrogen-bond donors (Lipinski definition) is 2. The number of aromatic nitrogens is 1. The summed E-state index contributed by atoms with van der Waals surface area (Å²) < 4.78 is 5.57. The van der Waals surface area contributed by atoms with Gasteiger partial charge in [0, 0.05) is 29.5 Å². The number of benzene rings is 2. The SMILES string of the molecule is Cc1ccccc1C1C2=C(CC(c3ccccc3O)CC2=O)Nc2onc(C)c21. The van der Waals surface area contributed by atoms with Gasteiger partial charge in [-0.25, -0.2) is 0 Å². The Hall–Kier alpha value is -3.34. The van der Waals surface area contributed by atoms with Crippen LogP contribution in [-0.4, -0.2) is 16.0 Å². The molecule has 0 fully saturated rings. The highest BCUT2D eigenvalue weighted by Gasteiger charge is 2.41. The van der Waals surface area contributed by atoms with E-state index < -0.39 is 0 Å². The average Bonchev–Trinajstić information content (AvgIpc) is 3.08. The standard InChI is InChI=1S/C24H22N2O3/c1-13-7-3-4-8-16(13)22-21-14(2)26-29-24(21)25-18-11-15(12-20(28)23(18)22)17-9-5-6-10-19(17)27/h3-10,15,22,25,27H,11-12H2,1-2H3. The lowest BCUT2D eigenvalue weighted by Gasteiger charge is -2.35. The largest absolute Gasteiger partial charge is 0.508 e. The van der Waals surface area contributed by atoms with Crippen LogP contribution in [0, 0.1) is 13.8 Å². The van der Waals surface area contributed by atoms with E-state index in [0.29, 0.717) is 18.7 Å². The molecule has 0 radical (unpaired) electrons. The summed E-state index contributed by atoms with van der Waals surface area (Å²) in [6.45, 7) is 3.98. The molecular formula is C24H22N2O3. The molecule has 2 atom stereocenters. The molecule has 2 N–H and O–H groups in total. The van der Waals surface area contributed by atoms with E-state index in [-0.39, 0.29) is 23.4 Å². The second-order valence-electron chi connectivity index (χ2n) is 7.90. The Labute approximate surface area is 169 Å². The fourth-order valence-electron chi connectivity index (χ4n) is 4.75. The van der Waals surface area contributed by atoms with Crippen molar-refractivity contribution in [2.75, 3.05) is 5.32 Å². The third-order valence-corrected chi connectivity index (χ3v) is 6.13. The Balaban J connectivity index is 1.66. The van der Waals surface area contributed by atoms with E-state index in [9.17, 15) is 9.90 Å². The van der Waals surface area contributed by atoms with Crippen molar-refractivity contribution in [1.29, 1.82) is 0 Å². The van der Waals surface area contributed by atoms with Crippen molar-refractivity contribution in [2.24, 2.45) is 0 Å². The summed E-state index contributed by atoms with van der Waals surface area (Å²) in [6.07, 6.45) is 1.01. The molecule has 2 aliphatic rings. The number of para-hydroxylation sites is 1. The van der Waals surface area contributed by atoms with Crippen LogP contribution in [0.25, 0.3) is 0 Å². The van der Waals surface area contributed by atoms with Crippen molar-refractivity contribution in [1.82, 2.24) is 5.16 Å². The van der Waals surface area contributed by atoms with Crippen LogP contribution >= 0.6 is 0 Å². The fraction of sp³-hybridized carbons (Fsp3) is 0.250. The van der Waals surface area contributed by atoms with E-state index in [1.807, 2.05) is 31.2 Å². The molecule has 2 unspecified atom stereocenters. The highest BCUT2D eigenvalue weighted by atomic mass is 16.5. The highest BCUT2D eigenvalue weighted by Crippen LogP contribution is 2.50. The lowest BCUT2D eigenvalue weighted by molar-refractivity contribution is -0.116. The number of carbonyl (C=O) groups is 1. The summed E-state index contributed by atoms with van der Waals surface area (Å²) in [7, 11) is 0. The molecule has 0 saturated carbocycles. The second kappa shape index (κ2) is 6.62. The minimum absolute atomic E-state index is 0.0713. The molecule has 0 spiro atoms. The third-order valence-electron chi connectivity index (χ3n) is 6.13. The first kappa shape index (κ1) is 17.7. The minimum atomic E-state index is -0.188. The quantitative estimate of drug-likeness (QED) is 0.651. The molecule has 1 aliphatic heterocycles. The van der Waals surface area contributed by atoms with Gasteiger partial charge in [0.15, 0.2) is 5.78 Å². The number of nitrogens with one attached hydrogen (secondary N) is 1. The lowest BCUT2D eigenvalue weighted by atomic mass is 9.71. The molecule has 1 aromatic heterocycles. The summed E-state index contributed by atoms with van der Waals surface area (Å²) in [6, 6.07) is 15.4. The first-order valence-electron chi connectivity index (χ1n) is 9.87. The van der Waals surface area contributed by atoms with Gasteiger partial charge in [0.05, 0.1) is 11.3 Å².